The Bertz CT molecular complexity index is 359. The highest BCUT2D eigenvalue weighted by atomic mass is 19.1. The first-order valence-corrected chi connectivity index (χ1v) is 6.22. The van der Waals surface area contributed by atoms with Gasteiger partial charge in [0.25, 0.3) is 5.88 Å². The van der Waals surface area contributed by atoms with Crippen molar-refractivity contribution in [2.24, 2.45) is 0 Å². The van der Waals surface area contributed by atoms with Gasteiger partial charge in [0.2, 0.25) is 0 Å². The largest absolute Gasteiger partial charge is 0.473 e. The van der Waals surface area contributed by atoms with E-state index in [1.54, 1.807) is 12.3 Å². The lowest BCUT2D eigenvalue weighted by atomic mass is 10.2. The number of halogens is 1. The van der Waals surface area contributed by atoms with Crippen molar-refractivity contribution in [2.45, 2.75) is 33.4 Å². The van der Waals surface area contributed by atoms with Gasteiger partial charge in [0.1, 0.15) is 6.61 Å². The molecule has 1 heterocycles. The third kappa shape index (κ3) is 4.98. The van der Waals surface area contributed by atoms with E-state index in [0.717, 1.165) is 0 Å². The molecule has 4 nitrogen and oxygen atoms in total. The van der Waals surface area contributed by atoms with Gasteiger partial charge >= 0.3 is 0 Å². The second-order valence-electron chi connectivity index (χ2n) is 4.17. The number of nitrogens with one attached hydrogen (secondary N) is 1. The maximum Gasteiger partial charge on any atom is 0.250 e. The zero-order valence-electron chi connectivity index (χ0n) is 11.2. The van der Waals surface area contributed by atoms with Crippen LogP contribution in [-0.4, -0.2) is 30.8 Å². The maximum atomic E-state index is 14.0. The molecule has 0 unspecified atom stereocenters. The third-order valence-electron chi connectivity index (χ3n) is 2.31. The normalized spacial score (nSPS) is 10.9. The van der Waals surface area contributed by atoms with E-state index in [9.17, 15) is 4.39 Å². The lowest BCUT2D eigenvalue weighted by molar-refractivity contribution is 0.106. The van der Waals surface area contributed by atoms with Crippen LogP contribution in [0.1, 0.15) is 26.3 Å². The second kappa shape index (κ2) is 8.00. The number of hydrogen-bond acceptors (Lipinski definition) is 4. The van der Waals surface area contributed by atoms with Crippen LogP contribution in [-0.2, 0) is 11.3 Å². The molecule has 18 heavy (non-hydrogen) atoms. The van der Waals surface area contributed by atoms with E-state index in [1.807, 2.05) is 20.8 Å². The Morgan fingerprint density at radius 1 is 1.39 bits per heavy atom. The van der Waals surface area contributed by atoms with Gasteiger partial charge in [-0.25, -0.2) is 9.37 Å². The first-order chi connectivity index (χ1) is 8.65. The van der Waals surface area contributed by atoms with Crippen molar-refractivity contribution in [3.63, 3.8) is 0 Å². The minimum atomic E-state index is -0.401. The molecular weight excluding hydrogens is 235 g/mol. The number of pyridine rings is 1. The minimum absolute atomic E-state index is 0.0396. The van der Waals surface area contributed by atoms with Crippen molar-refractivity contribution in [3.05, 3.63) is 23.6 Å². The summed E-state index contributed by atoms with van der Waals surface area (Å²) in [4.78, 5) is 3.88. The predicted molar refractivity (Wildman–Crippen MR) is 68.2 cm³/mol. The average molecular weight is 256 g/mol. The maximum absolute atomic E-state index is 14.0. The number of ether oxygens (including phenoxy) is 2. The average Bonchev–Trinajstić information content (AvgIpc) is 2.35. The van der Waals surface area contributed by atoms with E-state index in [-0.39, 0.29) is 5.88 Å². The van der Waals surface area contributed by atoms with Crippen LogP contribution in [0, 0.1) is 5.82 Å². The molecule has 0 aliphatic carbocycles. The summed E-state index contributed by atoms with van der Waals surface area (Å²) in [5, 5.41) is 3.16. The van der Waals surface area contributed by atoms with Crippen molar-refractivity contribution in [2.75, 3.05) is 19.8 Å². The molecule has 1 N–H and O–H groups in total. The number of nitrogens with zero attached hydrogens (tertiary/aromatic N) is 1. The molecule has 0 saturated heterocycles. The van der Waals surface area contributed by atoms with Crippen LogP contribution in [0.5, 0.6) is 5.88 Å². The summed E-state index contributed by atoms with van der Waals surface area (Å²) in [6.07, 6.45) is 1.55. The highest BCUT2D eigenvalue weighted by Gasteiger charge is 2.10. The highest BCUT2D eigenvalue weighted by molar-refractivity contribution is 5.23. The molecule has 1 aromatic heterocycles. The fourth-order valence-electron chi connectivity index (χ4n) is 1.35. The SMILES string of the molecule is CCOCCOc1nccc(CNC(C)C)c1F. The van der Waals surface area contributed by atoms with Gasteiger partial charge in [-0.15, -0.1) is 0 Å². The second-order valence-corrected chi connectivity index (χ2v) is 4.17. The van der Waals surface area contributed by atoms with Crippen LogP contribution in [0.15, 0.2) is 12.3 Å². The molecule has 1 aromatic rings. The van der Waals surface area contributed by atoms with Gasteiger partial charge in [0, 0.05) is 31.0 Å². The monoisotopic (exact) mass is 256 g/mol. The van der Waals surface area contributed by atoms with Crippen LogP contribution >= 0.6 is 0 Å². The molecule has 0 aliphatic rings. The van der Waals surface area contributed by atoms with Crippen molar-refractivity contribution in [1.82, 2.24) is 10.3 Å². The Morgan fingerprint density at radius 2 is 2.17 bits per heavy atom. The zero-order valence-corrected chi connectivity index (χ0v) is 11.2. The standard InChI is InChI=1S/C13H21FN2O2/c1-4-17-7-8-18-13-12(14)11(5-6-15-13)9-16-10(2)3/h5-6,10,16H,4,7-9H2,1-3H3. The lowest BCUT2D eigenvalue weighted by Crippen LogP contribution is -2.22. The van der Waals surface area contributed by atoms with Gasteiger partial charge in [-0.2, -0.15) is 0 Å². The lowest BCUT2D eigenvalue weighted by Gasteiger charge is -2.11. The van der Waals surface area contributed by atoms with E-state index in [2.05, 4.69) is 10.3 Å². The molecule has 102 valence electrons. The smallest absolute Gasteiger partial charge is 0.250 e. The molecule has 5 heteroatoms. The van der Waals surface area contributed by atoms with Crippen LogP contribution in [0.3, 0.4) is 0 Å². The van der Waals surface area contributed by atoms with Gasteiger partial charge < -0.3 is 14.8 Å². The summed E-state index contributed by atoms with van der Waals surface area (Å²) in [5.74, 6) is -0.361. The molecular formula is C13H21FN2O2. The number of hydrogen-bond donors (Lipinski definition) is 1. The Labute approximate surface area is 108 Å². The van der Waals surface area contributed by atoms with Gasteiger partial charge in [-0.3, -0.25) is 0 Å². The van der Waals surface area contributed by atoms with Crippen LogP contribution in [0.4, 0.5) is 4.39 Å². The summed E-state index contributed by atoms with van der Waals surface area (Å²) >= 11 is 0. The summed E-state index contributed by atoms with van der Waals surface area (Å²) in [5.41, 5.74) is 0.560. The summed E-state index contributed by atoms with van der Waals surface area (Å²) in [6, 6.07) is 1.96. The van der Waals surface area contributed by atoms with Gasteiger partial charge in [-0.05, 0) is 13.0 Å². The van der Waals surface area contributed by atoms with Gasteiger partial charge in [0.15, 0.2) is 5.82 Å². The van der Waals surface area contributed by atoms with E-state index in [0.29, 0.717) is 38.0 Å². The predicted octanol–water partition coefficient (Wildman–Crippen LogP) is 2.13. The molecule has 0 fully saturated rings. The first-order valence-electron chi connectivity index (χ1n) is 6.22. The molecule has 0 atom stereocenters. The number of aromatic nitrogens is 1. The molecule has 0 aliphatic heterocycles. The highest BCUT2D eigenvalue weighted by Crippen LogP contribution is 2.17. The molecule has 0 spiro atoms. The Kier molecular flexibility index (Phi) is 6.60. The zero-order chi connectivity index (χ0) is 13.4. The van der Waals surface area contributed by atoms with E-state index in [4.69, 9.17) is 9.47 Å². The quantitative estimate of drug-likeness (QED) is 0.724. The molecule has 0 aromatic carbocycles. The number of rotatable bonds is 8. The van der Waals surface area contributed by atoms with Crippen LogP contribution < -0.4 is 10.1 Å². The Hall–Kier alpha value is -1.20. The summed E-state index contributed by atoms with van der Waals surface area (Å²) < 4.78 is 24.3. The fourth-order valence-corrected chi connectivity index (χ4v) is 1.35. The van der Waals surface area contributed by atoms with E-state index in [1.165, 1.54) is 0 Å². The van der Waals surface area contributed by atoms with Crippen molar-refractivity contribution < 1.29 is 13.9 Å². The van der Waals surface area contributed by atoms with Crippen LogP contribution in [0.25, 0.3) is 0 Å². The van der Waals surface area contributed by atoms with Crippen molar-refractivity contribution >= 4 is 0 Å². The summed E-state index contributed by atoms with van der Waals surface area (Å²) in [6.45, 7) is 7.75. The third-order valence-corrected chi connectivity index (χ3v) is 2.31. The first kappa shape index (κ1) is 14.9. The van der Waals surface area contributed by atoms with Gasteiger partial charge in [0.05, 0.1) is 6.61 Å². The topological polar surface area (TPSA) is 43.4 Å². The minimum Gasteiger partial charge on any atom is -0.473 e. The van der Waals surface area contributed by atoms with Gasteiger partial charge in [-0.1, -0.05) is 13.8 Å². The molecule has 0 saturated carbocycles. The summed E-state index contributed by atoms with van der Waals surface area (Å²) in [7, 11) is 0. The molecule has 0 radical (unpaired) electrons. The van der Waals surface area contributed by atoms with Crippen molar-refractivity contribution in [1.29, 1.82) is 0 Å². The van der Waals surface area contributed by atoms with Crippen molar-refractivity contribution in [3.8, 4) is 5.88 Å². The van der Waals surface area contributed by atoms with Crippen LogP contribution in [0.2, 0.25) is 0 Å². The molecule has 0 amide bonds. The Balaban J connectivity index is 2.55. The van der Waals surface area contributed by atoms with E-state index >= 15 is 0 Å². The Morgan fingerprint density at radius 3 is 2.83 bits per heavy atom. The molecule has 0 bridgehead atoms. The fraction of sp³-hybridized carbons (Fsp3) is 0.615. The molecule has 1 rings (SSSR count). The van der Waals surface area contributed by atoms with E-state index < -0.39 is 5.82 Å².